The number of likely N-dealkylation sites (N-methyl/N-ethyl adjacent to an activating group) is 1. The molecule has 130 valence electrons. The summed E-state index contributed by atoms with van der Waals surface area (Å²) in [5.74, 6) is 0.470. The Hall–Kier alpha value is -1.84. The molecule has 0 aliphatic carbocycles. The van der Waals surface area contributed by atoms with Crippen LogP contribution in [0.25, 0.3) is 0 Å². The molecule has 2 heterocycles. The van der Waals surface area contributed by atoms with Crippen LogP contribution in [-0.4, -0.2) is 37.0 Å². The van der Waals surface area contributed by atoms with Gasteiger partial charge in [-0.3, -0.25) is 4.79 Å². The molecule has 2 aromatic rings. The van der Waals surface area contributed by atoms with Crippen LogP contribution in [0.4, 0.5) is 5.69 Å². The molecule has 4 heteroatoms. The number of carbonyl (C=O) groups excluding carboxylic acids is 1. The molecule has 0 bridgehead atoms. The van der Waals surface area contributed by atoms with E-state index in [9.17, 15) is 4.79 Å². The minimum absolute atomic E-state index is 0.0822. The van der Waals surface area contributed by atoms with Crippen molar-refractivity contribution in [3.63, 3.8) is 0 Å². The molecule has 0 spiro atoms. The molecule has 0 N–H and O–H groups in total. The largest absolute Gasteiger partial charge is 0.306 e. The van der Waals surface area contributed by atoms with Crippen LogP contribution < -0.4 is 4.90 Å². The van der Waals surface area contributed by atoms with Gasteiger partial charge in [0.25, 0.3) is 5.91 Å². The zero-order valence-corrected chi connectivity index (χ0v) is 15.5. The molecule has 0 radical (unpaired) electrons. The van der Waals surface area contributed by atoms with E-state index in [4.69, 9.17) is 11.6 Å². The van der Waals surface area contributed by atoms with Crippen molar-refractivity contribution in [2.45, 2.75) is 31.7 Å². The van der Waals surface area contributed by atoms with Gasteiger partial charge in [-0.1, -0.05) is 29.3 Å². The summed E-state index contributed by atoms with van der Waals surface area (Å²) in [6.07, 6.45) is 2.16. The standard InChI is InChI=1S/C21H23ClN2O/c1-14-5-10-20-17(12-14)18-13-23(2)11-3-4-19(18)24(20)21(25)15-6-8-16(22)9-7-15/h5-10,12,18-19H,3-4,11,13H2,1-2H3. The Morgan fingerprint density at radius 3 is 2.68 bits per heavy atom. The number of halogens is 1. The lowest BCUT2D eigenvalue weighted by molar-refractivity contribution is 0.0976. The molecular weight excluding hydrogens is 332 g/mol. The van der Waals surface area contributed by atoms with Crippen molar-refractivity contribution in [1.29, 1.82) is 0 Å². The summed E-state index contributed by atoms with van der Waals surface area (Å²) < 4.78 is 0. The van der Waals surface area contributed by atoms with Crippen LogP contribution in [0.15, 0.2) is 42.5 Å². The van der Waals surface area contributed by atoms with E-state index in [0.717, 1.165) is 31.6 Å². The first-order valence-corrected chi connectivity index (χ1v) is 9.30. The molecule has 1 fully saturated rings. The fourth-order valence-corrected chi connectivity index (χ4v) is 4.42. The first-order valence-electron chi connectivity index (χ1n) is 8.93. The Bertz CT molecular complexity index is 802. The van der Waals surface area contributed by atoms with E-state index < -0.39 is 0 Å². The van der Waals surface area contributed by atoms with Crippen molar-refractivity contribution in [1.82, 2.24) is 4.90 Å². The normalized spacial score (nSPS) is 23.1. The molecule has 0 aromatic heterocycles. The zero-order valence-electron chi connectivity index (χ0n) is 14.7. The third-order valence-corrected chi connectivity index (χ3v) is 5.75. The summed E-state index contributed by atoms with van der Waals surface area (Å²) in [6.45, 7) is 4.22. The highest BCUT2D eigenvalue weighted by Gasteiger charge is 2.42. The van der Waals surface area contributed by atoms with E-state index in [2.05, 4.69) is 37.1 Å². The fraction of sp³-hybridized carbons (Fsp3) is 0.381. The Morgan fingerprint density at radius 2 is 1.92 bits per heavy atom. The third-order valence-electron chi connectivity index (χ3n) is 5.50. The Morgan fingerprint density at radius 1 is 1.16 bits per heavy atom. The van der Waals surface area contributed by atoms with E-state index in [1.807, 2.05) is 17.0 Å². The SMILES string of the molecule is Cc1ccc2c(c1)C1CN(C)CCCC1N2C(=O)c1ccc(Cl)cc1. The summed E-state index contributed by atoms with van der Waals surface area (Å²) in [5, 5.41) is 0.656. The Kier molecular flexibility index (Phi) is 4.30. The third kappa shape index (κ3) is 2.96. The van der Waals surface area contributed by atoms with Crippen molar-refractivity contribution >= 4 is 23.2 Å². The summed E-state index contributed by atoms with van der Waals surface area (Å²) in [4.78, 5) is 17.8. The van der Waals surface area contributed by atoms with Crippen LogP contribution in [0.2, 0.25) is 5.02 Å². The molecular formula is C21H23ClN2O. The number of nitrogens with zero attached hydrogens (tertiary/aromatic N) is 2. The fourth-order valence-electron chi connectivity index (χ4n) is 4.30. The molecule has 2 unspecified atom stereocenters. The first kappa shape index (κ1) is 16.6. The van der Waals surface area contributed by atoms with Crippen LogP contribution in [0.1, 0.15) is 40.2 Å². The van der Waals surface area contributed by atoms with Gasteiger partial charge < -0.3 is 9.80 Å². The van der Waals surface area contributed by atoms with Crippen LogP contribution in [-0.2, 0) is 0 Å². The molecule has 1 amide bonds. The van der Waals surface area contributed by atoms with Gasteiger partial charge >= 0.3 is 0 Å². The van der Waals surface area contributed by atoms with Crippen LogP contribution in [0, 0.1) is 6.92 Å². The van der Waals surface area contributed by atoms with Gasteiger partial charge in [-0.25, -0.2) is 0 Å². The number of hydrogen-bond acceptors (Lipinski definition) is 2. The van der Waals surface area contributed by atoms with Crippen molar-refractivity contribution in [2.75, 3.05) is 25.0 Å². The van der Waals surface area contributed by atoms with E-state index in [1.165, 1.54) is 11.1 Å². The average molecular weight is 355 g/mol. The van der Waals surface area contributed by atoms with Crippen LogP contribution in [0.3, 0.4) is 0 Å². The maximum absolute atomic E-state index is 13.3. The molecule has 2 aliphatic rings. The number of benzene rings is 2. The first-order chi connectivity index (χ1) is 12.0. The second-order valence-electron chi connectivity index (χ2n) is 7.32. The summed E-state index contributed by atoms with van der Waals surface area (Å²) in [7, 11) is 2.18. The molecule has 4 rings (SSSR count). The zero-order chi connectivity index (χ0) is 17.6. The number of anilines is 1. The topological polar surface area (TPSA) is 23.6 Å². The van der Waals surface area contributed by atoms with Crippen LogP contribution >= 0.6 is 11.6 Å². The van der Waals surface area contributed by atoms with Crippen LogP contribution in [0.5, 0.6) is 0 Å². The average Bonchev–Trinajstić information content (AvgIpc) is 2.74. The van der Waals surface area contributed by atoms with Gasteiger partial charge in [0.15, 0.2) is 0 Å². The highest BCUT2D eigenvalue weighted by atomic mass is 35.5. The maximum Gasteiger partial charge on any atom is 0.258 e. The molecule has 3 nitrogen and oxygen atoms in total. The lowest BCUT2D eigenvalue weighted by atomic mass is 9.92. The highest BCUT2D eigenvalue weighted by Crippen LogP contribution is 2.45. The van der Waals surface area contributed by atoms with Gasteiger partial charge in [0.2, 0.25) is 0 Å². The smallest absolute Gasteiger partial charge is 0.258 e. The highest BCUT2D eigenvalue weighted by molar-refractivity contribution is 6.30. The van der Waals surface area contributed by atoms with E-state index in [-0.39, 0.29) is 11.9 Å². The van der Waals surface area contributed by atoms with Crippen molar-refractivity contribution in [2.24, 2.45) is 0 Å². The van der Waals surface area contributed by atoms with E-state index in [1.54, 1.807) is 12.1 Å². The lowest BCUT2D eigenvalue weighted by Crippen LogP contribution is -2.40. The number of rotatable bonds is 1. The molecule has 2 atom stereocenters. The number of fused-ring (bicyclic) bond motifs is 3. The van der Waals surface area contributed by atoms with Gasteiger partial charge in [0.05, 0.1) is 0 Å². The summed E-state index contributed by atoms with van der Waals surface area (Å²) in [5.41, 5.74) is 4.36. The quantitative estimate of drug-likeness (QED) is 0.753. The molecule has 25 heavy (non-hydrogen) atoms. The number of hydrogen-bond donors (Lipinski definition) is 0. The van der Waals surface area contributed by atoms with Crippen molar-refractivity contribution in [3.8, 4) is 0 Å². The van der Waals surface area contributed by atoms with Crippen molar-refractivity contribution in [3.05, 3.63) is 64.2 Å². The molecule has 0 saturated carbocycles. The van der Waals surface area contributed by atoms with Gasteiger partial charge in [-0.05, 0) is 69.3 Å². The monoisotopic (exact) mass is 354 g/mol. The maximum atomic E-state index is 13.3. The molecule has 2 aliphatic heterocycles. The second kappa shape index (κ2) is 6.47. The van der Waals surface area contributed by atoms with Gasteiger partial charge in [0.1, 0.15) is 0 Å². The minimum atomic E-state index is 0.0822. The minimum Gasteiger partial charge on any atom is -0.306 e. The molecule has 2 aromatic carbocycles. The number of likely N-dealkylation sites (tertiary alicyclic amines) is 1. The number of aryl methyl sites for hydroxylation is 1. The predicted octanol–water partition coefficient (Wildman–Crippen LogP) is 4.49. The molecule has 1 saturated heterocycles. The Balaban J connectivity index is 1.78. The van der Waals surface area contributed by atoms with E-state index in [0.29, 0.717) is 16.5 Å². The number of amides is 1. The predicted molar refractivity (Wildman–Crippen MR) is 103 cm³/mol. The van der Waals surface area contributed by atoms with Gasteiger partial charge in [0, 0.05) is 34.8 Å². The summed E-state index contributed by atoms with van der Waals surface area (Å²) >= 11 is 5.99. The van der Waals surface area contributed by atoms with Gasteiger partial charge in [-0.2, -0.15) is 0 Å². The lowest BCUT2D eigenvalue weighted by Gasteiger charge is -2.28. The Labute approximate surface area is 154 Å². The summed E-state index contributed by atoms with van der Waals surface area (Å²) in [6, 6.07) is 14.0. The number of carbonyl (C=O) groups is 1. The van der Waals surface area contributed by atoms with Crippen molar-refractivity contribution < 1.29 is 4.79 Å². The second-order valence-corrected chi connectivity index (χ2v) is 7.76. The van der Waals surface area contributed by atoms with Gasteiger partial charge in [-0.15, -0.1) is 0 Å². The van der Waals surface area contributed by atoms with E-state index >= 15 is 0 Å².